The Hall–Kier alpha value is -2.31. The molecule has 2 aromatic rings. The average molecular weight is 603 g/mol. The van der Waals surface area contributed by atoms with Crippen molar-refractivity contribution >= 4 is 52.8 Å². The zero-order valence-electron chi connectivity index (χ0n) is 19.6. The summed E-state index contributed by atoms with van der Waals surface area (Å²) in [6, 6.07) is 7.73. The van der Waals surface area contributed by atoms with Gasteiger partial charge in [-0.05, 0) is 22.4 Å². The SMILES string of the molecule is CCCCOC(=O)N1CCN(C(=O)C(CP(=O)(O)O)NC(=O)c2nc(-c3ccccc3)c(Br)s2)CC1. The van der Waals surface area contributed by atoms with Gasteiger partial charge in [-0.25, -0.2) is 9.78 Å². The lowest BCUT2D eigenvalue weighted by atomic mass is 10.2. The monoisotopic (exact) mass is 602 g/mol. The molecular weight excluding hydrogens is 575 g/mol. The lowest BCUT2D eigenvalue weighted by Gasteiger charge is -2.36. The van der Waals surface area contributed by atoms with Crippen molar-refractivity contribution in [3.05, 3.63) is 39.1 Å². The maximum absolute atomic E-state index is 13.1. The van der Waals surface area contributed by atoms with Crippen molar-refractivity contribution in [1.82, 2.24) is 20.1 Å². The van der Waals surface area contributed by atoms with Crippen LogP contribution in [-0.2, 0) is 14.1 Å². The summed E-state index contributed by atoms with van der Waals surface area (Å²) in [5.74, 6) is -1.35. The molecule has 3 N–H and O–H groups in total. The third kappa shape index (κ3) is 7.84. The van der Waals surface area contributed by atoms with E-state index in [4.69, 9.17) is 4.74 Å². The Bertz CT molecular complexity index is 1120. The molecule has 1 atom stereocenters. The van der Waals surface area contributed by atoms with Crippen LogP contribution in [0.5, 0.6) is 0 Å². The lowest BCUT2D eigenvalue weighted by Crippen LogP contribution is -2.56. The van der Waals surface area contributed by atoms with Gasteiger partial charge in [0.05, 0.1) is 22.2 Å². The molecule has 1 aromatic carbocycles. The molecule has 0 saturated carbocycles. The van der Waals surface area contributed by atoms with Crippen LogP contribution in [0.4, 0.5) is 4.79 Å². The molecule has 1 aliphatic rings. The molecule has 3 amide bonds. The number of unbranched alkanes of at least 4 members (excludes halogenated alkanes) is 1. The van der Waals surface area contributed by atoms with E-state index in [9.17, 15) is 28.7 Å². The highest BCUT2D eigenvalue weighted by Gasteiger charge is 2.35. The van der Waals surface area contributed by atoms with E-state index >= 15 is 0 Å². The van der Waals surface area contributed by atoms with E-state index < -0.39 is 37.7 Å². The summed E-state index contributed by atoms with van der Waals surface area (Å²) in [6.45, 7) is 3.04. The summed E-state index contributed by atoms with van der Waals surface area (Å²) in [5.41, 5.74) is 1.33. The zero-order chi connectivity index (χ0) is 26.3. The molecule has 2 heterocycles. The number of thiazole rings is 1. The van der Waals surface area contributed by atoms with Crippen LogP contribution in [0.1, 0.15) is 29.6 Å². The summed E-state index contributed by atoms with van der Waals surface area (Å²) < 4.78 is 17.5. The molecule has 0 aliphatic carbocycles. The number of hydrogen-bond acceptors (Lipinski definition) is 7. The van der Waals surface area contributed by atoms with E-state index in [1.165, 1.54) is 9.80 Å². The number of carbonyl (C=O) groups excluding carboxylic acids is 3. The molecule has 1 aliphatic heterocycles. The number of carbonyl (C=O) groups is 3. The molecule has 36 heavy (non-hydrogen) atoms. The van der Waals surface area contributed by atoms with Crippen LogP contribution in [-0.4, -0.2) is 87.5 Å². The molecule has 14 heteroatoms. The van der Waals surface area contributed by atoms with E-state index in [2.05, 4.69) is 26.2 Å². The number of nitrogens with zero attached hydrogens (tertiary/aromatic N) is 3. The number of nitrogens with one attached hydrogen (secondary N) is 1. The van der Waals surface area contributed by atoms with Gasteiger partial charge in [0.15, 0.2) is 5.01 Å². The average Bonchev–Trinajstić information content (AvgIpc) is 3.25. The van der Waals surface area contributed by atoms with E-state index in [0.29, 0.717) is 16.1 Å². The Balaban J connectivity index is 1.67. The predicted octanol–water partition coefficient (Wildman–Crippen LogP) is 2.93. The molecular formula is C22H28BrN4O7PS. The summed E-state index contributed by atoms with van der Waals surface area (Å²) >= 11 is 4.45. The number of benzene rings is 1. The van der Waals surface area contributed by atoms with E-state index in [1.807, 2.05) is 37.3 Å². The number of halogens is 1. The summed E-state index contributed by atoms with van der Waals surface area (Å²) in [6.07, 6.45) is 0.346. The zero-order valence-corrected chi connectivity index (χ0v) is 22.9. The van der Waals surface area contributed by atoms with Crippen LogP contribution in [0, 0.1) is 0 Å². The molecule has 1 aromatic heterocycles. The fourth-order valence-corrected chi connectivity index (χ4v) is 5.76. The number of ether oxygens (including phenoxy) is 1. The van der Waals surface area contributed by atoms with Crippen LogP contribution in [0.2, 0.25) is 0 Å². The number of rotatable bonds is 9. The Morgan fingerprint density at radius 2 is 1.81 bits per heavy atom. The van der Waals surface area contributed by atoms with E-state index in [0.717, 1.165) is 29.7 Å². The number of amides is 3. The lowest BCUT2D eigenvalue weighted by molar-refractivity contribution is -0.134. The van der Waals surface area contributed by atoms with Crippen molar-refractivity contribution in [3.63, 3.8) is 0 Å². The van der Waals surface area contributed by atoms with Crippen LogP contribution >= 0.6 is 34.9 Å². The molecule has 11 nitrogen and oxygen atoms in total. The maximum atomic E-state index is 13.1. The van der Waals surface area contributed by atoms with Gasteiger partial charge in [-0.15, -0.1) is 11.3 Å². The minimum atomic E-state index is -4.64. The summed E-state index contributed by atoms with van der Waals surface area (Å²) in [5, 5.41) is 2.49. The van der Waals surface area contributed by atoms with Crippen molar-refractivity contribution in [1.29, 1.82) is 0 Å². The van der Waals surface area contributed by atoms with Crippen molar-refractivity contribution in [2.75, 3.05) is 38.9 Å². The molecule has 1 fully saturated rings. The molecule has 0 bridgehead atoms. The van der Waals surface area contributed by atoms with Crippen LogP contribution in [0.25, 0.3) is 11.3 Å². The van der Waals surface area contributed by atoms with Crippen molar-refractivity contribution < 1.29 is 33.5 Å². The Labute approximate surface area is 221 Å². The molecule has 3 rings (SSSR count). The third-order valence-corrected chi connectivity index (χ3v) is 7.97. The quantitative estimate of drug-likeness (QED) is 0.293. The topological polar surface area (TPSA) is 149 Å². The predicted molar refractivity (Wildman–Crippen MR) is 138 cm³/mol. The number of piperazine rings is 1. The Morgan fingerprint density at radius 1 is 1.17 bits per heavy atom. The van der Waals surface area contributed by atoms with Crippen LogP contribution < -0.4 is 5.32 Å². The third-order valence-electron chi connectivity index (χ3n) is 5.42. The van der Waals surface area contributed by atoms with Gasteiger partial charge in [0.25, 0.3) is 5.91 Å². The molecule has 1 saturated heterocycles. The largest absolute Gasteiger partial charge is 0.449 e. The summed E-state index contributed by atoms with van der Waals surface area (Å²) in [4.78, 5) is 64.4. The second kappa shape index (κ2) is 12.8. The van der Waals surface area contributed by atoms with Gasteiger partial charge in [0.1, 0.15) is 6.04 Å². The highest BCUT2D eigenvalue weighted by Crippen LogP contribution is 2.36. The molecule has 1 unspecified atom stereocenters. The highest BCUT2D eigenvalue weighted by molar-refractivity contribution is 9.11. The fourth-order valence-electron chi connectivity index (χ4n) is 3.54. The summed E-state index contributed by atoms with van der Waals surface area (Å²) in [7, 11) is -4.64. The Morgan fingerprint density at radius 3 is 2.42 bits per heavy atom. The van der Waals surface area contributed by atoms with Gasteiger partial charge in [-0.2, -0.15) is 0 Å². The minimum absolute atomic E-state index is 0.0453. The fraction of sp³-hybridized carbons (Fsp3) is 0.455. The van der Waals surface area contributed by atoms with E-state index in [-0.39, 0.29) is 31.2 Å². The second-order valence-electron chi connectivity index (χ2n) is 8.16. The van der Waals surface area contributed by atoms with Crippen LogP contribution in [0.15, 0.2) is 34.1 Å². The van der Waals surface area contributed by atoms with Gasteiger partial charge in [0.2, 0.25) is 5.91 Å². The first-order valence-corrected chi connectivity index (χ1v) is 14.8. The van der Waals surface area contributed by atoms with Crippen LogP contribution in [0.3, 0.4) is 0 Å². The molecule has 0 spiro atoms. The van der Waals surface area contributed by atoms with E-state index in [1.54, 1.807) is 0 Å². The van der Waals surface area contributed by atoms with Gasteiger partial charge >= 0.3 is 13.7 Å². The minimum Gasteiger partial charge on any atom is -0.449 e. The van der Waals surface area contributed by atoms with Crippen molar-refractivity contribution in [2.24, 2.45) is 0 Å². The first-order valence-electron chi connectivity index (χ1n) is 11.4. The first-order chi connectivity index (χ1) is 17.1. The first kappa shape index (κ1) is 28.3. The van der Waals surface area contributed by atoms with Gasteiger partial charge in [-0.3, -0.25) is 14.2 Å². The molecule has 0 radical (unpaired) electrons. The van der Waals surface area contributed by atoms with Gasteiger partial charge in [0, 0.05) is 31.7 Å². The standard InChI is InChI=1S/C22H28BrN4O7PS/c1-2-3-13-34-22(30)27-11-9-26(10-12-27)21(29)16(14-35(31,32)33)24-19(28)20-25-17(18(23)36-20)15-7-5-4-6-8-15/h4-8,16H,2-3,9-14H2,1H3,(H,24,28)(H2,31,32,33). The number of hydrogen-bond donors (Lipinski definition) is 3. The number of aromatic nitrogens is 1. The molecule has 196 valence electrons. The normalized spacial score (nSPS) is 14.9. The second-order valence-corrected chi connectivity index (χ2v) is 12.2. The van der Waals surface area contributed by atoms with Crippen molar-refractivity contribution in [3.8, 4) is 11.3 Å². The van der Waals surface area contributed by atoms with Crippen molar-refractivity contribution in [2.45, 2.75) is 25.8 Å². The smallest absolute Gasteiger partial charge is 0.409 e. The van der Waals surface area contributed by atoms with Gasteiger partial charge in [-0.1, -0.05) is 43.7 Å². The Kier molecular flexibility index (Phi) is 10.0. The highest BCUT2D eigenvalue weighted by atomic mass is 79.9. The van der Waals surface area contributed by atoms with Gasteiger partial charge < -0.3 is 29.6 Å². The maximum Gasteiger partial charge on any atom is 0.409 e.